The molecule has 0 saturated carbocycles. The highest BCUT2D eigenvalue weighted by molar-refractivity contribution is 7.89. The number of halogens is 1. The van der Waals surface area contributed by atoms with Crippen molar-refractivity contribution in [3.05, 3.63) is 65.9 Å². The number of piperazine rings is 1. The summed E-state index contributed by atoms with van der Waals surface area (Å²) in [4.78, 5) is 33.9. The van der Waals surface area contributed by atoms with E-state index in [2.05, 4.69) is 15.2 Å². The first-order valence-corrected chi connectivity index (χ1v) is 16.2. The van der Waals surface area contributed by atoms with Gasteiger partial charge in [-0.1, -0.05) is 23.7 Å². The van der Waals surface area contributed by atoms with Crippen LogP contribution in [0.3, 0.4) is 0 Å². The molecule has 3 aromatic rings. The van der Waals surface area contributed by atoms with Crippen molar-refractivity contribution in [2.75, 3.05) is 57.3 Å². The molecule has 0 aliphatic carbocycles. The van der Waals surface area contributed by atoms with Crippen molar-refractivity contribution < 1.29 is 27.5 Å². The van der Waals surface area contributed by atoms with Gasteiger partial charge >= 0.3 is 5.97 Å². The average molecular weight is 628 g/mol. The fourth-order valence-electron chi connectivity index (χ4n) is 6.34. The lowest BCUT2D eigenvalue weighted by Crippen LogP contribution is -2.67. The summed E-state index contributed by atoms with van der Waals surface area (Å²) >= 11 is 6.11. The Balaban J connectivity index is 1.27. The van der Waals surface area contributed by atoms with Crippen molar-refractivity contribution >= 4 is 50.0 Å². The van der Waals surface area contributed by atoms with Crippen molar-refractivity contribution in [3.63, 3.8) is 0 Å². The molecule has 3 aliphatic rings. The number of rotatable bonds is 8. The zero-order chi connectivity index (χ0) is 30.2. The molecule has 3 fully saturated rings. The summed E-state index contributed by atoms with van der Waals surface area (Å²) in [5.74, 6) is -0.777. The van der Waals surface area contributed by atoms with Gasteiger partial charge in [-0.2, -0.15) is 4.31 Å². The van der Waals surface area contributed by atoms with Gasteiger partial charge in [0, 0.05) is 42.7 Å². The van der Waals surface area contributed by atoms with Crippen LogP contribution in [0.5, 0.6) is 0 Å². The minimum Gasteiger partial charge on any atom is -0.465 e. The number of piperidine rings is 1. The standard InChI is InChI=1S/C30H34ClN5O6S/c1-2-41-28(38)17-33-19-30-21-35(43(39,40)26-6-4-22-15-24(31)5-3-23(22)16-26)18-27(37)36(30)20-29(42-30)9-13-34(14-10-29)25-7-11-32-12-8-25/h3-8,11-12,15-16,33H,2,9-10,13-14,17-21H2,1H3. The molecule has 6 rings (SSSR count). The van der Waals surface area contributed by atoms with E-state index >= 15 is 0 Å². The van der Waals surface area contributed by atoms with Crippen LogP contribution in [0, 0.1) is 0 Å². The number of esters is 1. The maximum absolute atomic E-state index is 14.0. The fourth-order valence-corrected chi connectivity index (χ4v) is 7.99. The van der Waals surface area contributed by atoms with E-state index in [1.807, 2.05) is 12.1 Å². The van der Waals surface area contributed by atoms with Gasteiger partial charge in [-0.05, 0) is 66.9 Å². The molecule has 1 spiro atoms. The third-order valence-corrected chi connectivity index (χ3v) is 10.5. The number of hydrogen-bond acceptors (Lipinski definition) is 9. The Morgan fingerprint density at radius 3 is 2.53 bits per heavy atom. The van der Waals surface area contributed by atoms with Crippen LogP contribution < -0.4 is 10.2 Å². The number of ether oxygens (including phenoxy) is 2. The number of anilines is 1. The average Bonchev–Trinajstić information content (AvgIpc) is 3.32. The molecule has 1 N–H and O–H groups in total. The SMILES string of the molecule is CCOC(=O)CNCC12CN(S(=O)(=O)c3ccc4cc(Cl)ccc4c3)CC(=O)N1CC1(CCN(c3ccncc3)CC1)O2. The highest BCUT2D eigenvalue weighted by atomic mass is 35.5. The second-order valence-electron chi connectivity index (χ2n) is 11.2. The summed E-state index contributed by atoms with van der Waals surface area (Å²) in [5.41, 5.74) is -0.873. The van der Waals surface area contributed by atoms with Gasteiger partial charge in [-0.3, -0.25) is 14.6 Å². The predicted molar refractivity (Wildman–Crippen MR) is 161 cm³/mol. The molecule has 3 saturated heterocycles. The quantitative estimate of drug-likeness (QED) is 0.376. The predicted octanol–water partition coefficient (Wildman–Crippen LogP) is 2.64. The number of aromatic nitrogens is 1. The maximum atomic E-state index is 14.0. The van der Waals surface area contributed by atoms with Crippen molar-refractivity contribution in [3.8, 4) is 0 Å². The molecule has 11 nitrogen and oxygen atoms in total. The van der Waals surface area contributed by atoms with Gasteiger partial charge in [0.15, 0.2) is 5.72 Å². The molecule has 2 aromatic carbocycles. The molecule has 1 unspecified atom stereocenters. The Morgan fingerprint density at radius 2 is 1.79 bits per heavy atom. The maximum Gasteiger partial charge on any atom is 0.319 e. The zero-order valence-corrected chi connectivity index (χ0v) is 25.4. The third-order valence-electron chi connectivity index (χ3n) is 8.47. The Kier molecular flexibility index (Phi) is 8.07. The number of benzene rings is 2. The number of nitrogens with one attached hydrogen (secondary N) is 1. The first kappa shape index (κ1) is 29.8. The highest BCUT2D eigenvalue weighted by Crippen LogP contribution is 2.44. The molecule has 0 bridgehead atoms. The van der Waals surface area contributed by atoms with E-state index in [0.29, 0.717) is 37.5 Å². The van der Waals surface area contributed by atoms with Crippen LogP contribution in [0.2, 0.25) is 5.02 Å². The van der Waals surface area contributed by atoms with E-state index < -0.39 is 27.3 Å². The fraction of sp³-hybridized carbons (Fsp3) is 0.433. The van der Waals surface area contributed by atoms with Gasteiger partial charge in [0.2, 0.25) is 15.9 Å². The smallest absolute Gasteiger partial charge is 0.319 e. The second kappa shape index (κ2) is 11.7. The first-order chi connectivity index (χ1) is 20.6. The first-order valence-electron chi connectivity index (χ1n) is 14.3. The summed E-state index contributed by atoms with van der Waals surface area (Å²) in [6.07, 6.45) is 4.82. The van der Waals surface area contributed by atoms with Crippen LogP contribution in [-0.2, 0) is 29.1 Å². The number of sulfonamides is 1. The van der Waals surface area contributed by atoms with E-state index in [9.17, 15) is 18.0 Å². The van der Waals surface area contributed by atoms with E-state index in [1.165, 1.54) is 10.4 Å². The zero-order valence-electron chi connectivity index (χ0n) is 23.9. The molecular weight excluding hydrogens is 594 g/mol. The van der Waals surface area contributed by atoms with E-state index in [-0.39, 0.29) is 43.6 Å². The summed E-state index contributed by atoms with van der Waals surface area (Å²) < 4.78 is 41.1. The van der Waals surface area contributed by atoms with Crippen LogP contribution in [0.25, 0.3) is 10.8 Å². The normalized spacial score (nSPS) is 22.2. The van der Waals surface area contributed by atoms with Crippen LogP contribution in [0.15, 0.2) is 65.8 Å². The highest BCUT2D eigenvalue weighted by Gasteiger charge is 2.60. The Bertz CT molecular complexity index is 1630. The van der Waals surface area contributed by atoms with E-state index in [1.54, 1.807) is 54.5 Å². The summed E-state index contributed by atoms with van der Waals surface area (Å²) in [6, 6.07) is 14.0. The van der Waals surface area contributed by atoms with Gasteiger partial charge < -0.3 is 24.6 Å². The van der Waals surface area contributed by atoms with E-state index in [0.717, 1.165) is 16.5 Å². The minimum absolute atomic E-state index is 0.0651. The molecule has 0 radical (unpaired) electrons. The van der Waals surface area contributed by atoms with E-state index in [4.69, 9.17) is 21.1 Å². The second-order valence-corrected chi connectivity index (χ2v) is 13.6. The molecule has 3 aliphatic heterocycles. The molecular formula is C30H34ClN5O6S. The number of nitrogens with zero attached hydrogens (tertiary/aromatic N) is 4. The molecule has 43 heavy (non-hydrogen) atoms. The molecule has 1 aromatic heterocycles. The third kappa shape index (κ3) is 5.82. The van der Waals surface area contributed by atoms with Gasteiger partial charge in [0.1, 0.15) is 0 Å². The van der Waals surface area contributed by atoms with Crippen LogP contribution in [0.1, 0.15) is 19.8 Å². The Morgan fingerprint density at radius 1 is 1.07 bits per heavy atom. The van der Waals surface area contributed by atoms with Crippen LogP contribution in [-0.4, -0.2) is 98.2 Å². The topological polar surface area (TPSA) is 121 Å². The molecule has 228 valence electrons. The number of fused-ring (bicyclic) bond motifs is 2. The minimum atomic E-state index is -4.07. The molecule has 1 amide bonds. The monoisotopic (exact) mass is 627 g/mol. The number of pyridine rings is 1. The van der Waals surface area contributed by atoms with Crippen LogP contribution >= 0.6 is 11.6 Å². The van der Waals surface area contributed by atoms with Crippen molar-refractivity contribution in [2.24, 2.45) is 0 Å². The number of carbonyl (C=O) groups is 2. The molecule has 1 atom stereocenters. The lowest BCUT2D eigenvalue weighted by molar-refractivity contribution is -0.176. The molecule has 4 heterocycles. The lowest BCUT2D eigenvalue weighted by atomic mass is 9.91. The largest absolute Gasteiger partial charge is 0.465 e. The number of hydrogen-bond donors (Lipinski definition) is 1. The Labute approximate surface area is 255 Å². The number of amides is 1. The van der Waals surface area contributed by atoms with Gasteiger partial charge in [0.25, 0.3) is 0 Å². The summed E-state index contributed by atoms with van der Waals surface area (Å²) in [6.45, 7) is 3.33. The van der Waals surface area contributed by atoms with Gasteiger partial charge in [0.05, 0.1) is 43.3 Å². The van der Waals surface area contributed by atoms with Crippen molar-refractivity contribution in [2.45, 2.75) is 36.0 Å². The number of carbonyl (C=O) groups excluding carboxylic acids is 2. The summed E-state index contributed by atoms with van der Waals surface area (Å²) in [7, 11) is -4.07. The van der Waals surface area contributed by atoms with Crippen LogP contribution in [0.4, 0.5) is 5.69 Å². The summed E-state index contributed by atoms with van der Waals surface area (Å²) in [5, 5.41) is 5.16. The van der Waals surface area contributed by atoms with Gasteiger partial charge in [-0.25, -0.2) is 8.42 Å². The molecule has 13 heteroatoms. The van der Waals surface area contributed by atoms with Crippen molar-refractivity contribution in [1.82, 2.24) is 19.5 Å². The van der Waals surface area contributed by atoms with Crippen molar-refractivity contribution in [1.29, 1.82) is 0 Å². The Hall–Kier alpha value is -3.29. The lowest BCUT2D eigenvalue weighted by Gasteiger charge is -2.45. The van der Waals surface area contributed by atoms with Gasteiger partial charge in [-0.15, -0.1) is 0 Å².